The Kier molecular flexibility index (Phi) is 8.89. The standard InChI is InChI=1S/C16H31N3O3/c1-5-17-16(18-9-7-8-10-22-6-2)19-11-13(3)14(12-19)15(20)21-4/h13-14H,5-12H2,1-4H3,(H,17,18). The summed E-state index contributed by atoms with van der Waals surface area (Å²) >= 11 is 0. The summed E-state index contributed by atoms with van der Waals surface area (Å²) in [5.41, 5.74) is 0. The number of hydrogen-bond donors (Lipinski definition) is 1. The third kappa shape index (κ3) is 5.83. The smallest absolute Gasteiger partial charge is 0.310 e. The molecule has 1 aliphatic heterocycles. The number of unbranched alkanes of at least 4 members (excludes halogenated alkanes) is 1. The van der Waals surface area contributed by atoms with Gasteiger partial charge in [0.25, 0.3) is 0 Å². The minimum absolute atomic E-state index is 0.0631. The lowest BCUT2D eigenvalue weighted by Gasteiger charge is -2.21. The van der Waals surface area contributed by atoms with Gasteiger partial charge < -0.3 is 19.7 Å². The topological polar surface area (TPSA) is 63.2 Å². The van der Waals surface area contributed by atoms with Gasteiger partial charge in [0.05, 0.1) is 13.0 Å². The Morgan fingerprint density at radius 3 is 2.73 bits per heavy atom. The van der Waals surface area contributed by atoms with Crippen molar-refractivity contribution in [2.75, 3.05) is 46.5 Å². The molecule has 22 heavy (non-hydrogen) atoms. The lowest BCUT2D eigenvalue weighted by Crippen LogP contribution is -2.40. The van der Waals surface area contributed by atoms with E-state index in [9.17, 15) is 4.79 Å². The number of likely N-dealkylation sites (tertiary alicyclic amines) is 1. The second-order valence-electron chi connectivity index (χ2n) is 5.65. The average Bonchev–Trinajstić information content (AvgIpc) is 2.90. The fraction of sp³-hybridized carbons (Fsp3) is 0.875. The van der Waals surface area contributed by atoms with Crippen molar-refractivity contribution in [3.63, 3.8) is 0 Å². The van der Waals surface area contributed by atoms with Crippen LogP contribution in [-0.2, 0) is 14.3 Å². The summed E-state index contributed by atoms with van der Waals surface area (Å²) in [5.74, 6) is 1.00. The quantitative estimate of drug-likeness (QED) is 0.318. The molecule has 0 aromatic heterocycles. The Bertz CT molecular complexity index is 361. The van der Waals surface area contributed by atoms with Gasteiger partial charge in [-0.25, -0.2) is 0 Å². The van der Waals surface area contributed by atoms with E-state index >= 15 is 0 Å². The molecule has 0 saturated carbocycles. The number of carbonyl (C=O) groups excluding carboxylic acids is 1. The summed E-state index contributed by atoms with van der Waals surface area (Å²) in [7, 11) is 1.45. The normalized spacial score (nSPS) is 22.0. The van der Waals surface area contributed by atoms with E-state index in [1.165, 1.54) is 7.11 Å². The lowest BCUT2D eigenvalue weighted by atomic mass is 9.99. The third-order valence-corrected chi connectivity index (χ3v) is 3.91. The van der Waals surface area contributed by atoms with E-state index in [1.54, 1.807) is 0 Å². The minimum atomic E-state index is -0.123. The zero-order valence-electron chi connectivity index (χ0n) is 14.4. The molecule has 6 heteroatoms. The fourth-order valence-electron chi connectivity index (χ4n) is 2.67. The molecule has 2 unspecified atom stereocenters. The van der Waals surface area contributed by atoms with Gasteiger partial charge in [0.1, 0.15) is 0 Å². The van der Waals surface area contributed by atoms with Crippen LogP contribution in [0.5, 0.6) is 0 Å². The van der Waals surface area contributed by atoms with E-state index in [2.05, 4.69) is 29.1 Å². The molecule has 1 N–H and O–H groups in total. The van der Waals surface area contributed by atoms with E-state index in [0.717, 1.165) is 51.6 Å². The van der Waals surface area contributed by atoms with Crippen LogP contribution in [0.25, 0.3) is 0 Å². The van der Waals surface area contributed by atoms with Gasteiger partial charge in [-0.15, -0.1) is 0 Å². The van der Waals surface area contributed by atoms with Crippen molar-refractivity contribution in [3.05, 3.63) is 0 Å². The average molecular weight is 313 g/mol. The zero-order chi connectivity index (χ0) is 16.4. The highest BCUT2D eigenvalue weighted by molar-refractivity contribution is 5.82. The van der Waals surface area contributed by atoms with Crippen molar-refractivity contribution in [1.82, 2.24) is 10.2 Å². The molecule has 0 aromatic carbocycles. The molecule has 1 rings (SSSR count). The van der Waals surface area contributed by atoms with E-state index in [1.807, 2.05) is 6.92 Å². The first-order valence-corrected chi connectivity index (χ1v) is 8.32. The van der Waals surface area contributed by atoms with Crippen LogP contribution in [0.4, 0.5) is 0 Å². The van der Waals surface area contributed by atoms with E-state index < -0.39 is 0 Å². The largest absolute Gasteiger partial charge is 0.469 e. The van der Waals surface area contributed by atoms with Gasteiger partial charge in [0, 0.05) is 39.4 Å². The van der Waals surface area contributed by atoms with Crippen LogP contribution in [0.2, 0.25) is 0 Å². The Morgan fingerprint density at radius 1 is 1.32 bits per heavy atom. The van der Waals surface area contributed by atoms with Crippen molar-refractivity contribution in [3.8, 4) is 0 Å². The number of hydrogen-bond acceptors (Lipinski definition) is 4. The first-order chi connectivity index (χ1) is 10.6. The second kappa shape index (κ2) is 10.4. The van der Waals surface area contributed by atoms with Crippen molar-refractivity contribution >= 4 is 11.9 Å². The highest BCUT2D eigenvalue weighted by Crippen LogP contribution is 2.24. The summed E-state index contributed by atoms with van der Waals surface area (Å²) in [6.07, 6.45) is 2.04. The first-order valence-electron chi connectivity index (χ1n) is 8.32. The molecule has 0 radical (unpaired) electrons. The molecule has 1 fully saturated rings. The van der Waals surface area contributed by atoms with Gasteiger partial charge in [-0.2, -0.15) is 0 Å². The van der Waals surface area contributed by atoms with Gasteiger partial charge in [-0.05, 0) is 32.6 Å². The number of guanidine groups is 1. The molecule has 6 nitrogen and oxygen atoms in total. The van der Waals surface area contributed by atoms with Crippen molar-refractivity contribution in [2.24, 2.45) is 16.8 Å². The van der Waals surface area contributed by atoms with Crippen LogP contribution < -0.4 is 5.32 Å². The fourth-order valence-corrected chi connectivity index (χ4v) is 2.67. The predicted octanol–water partition coefficient (Wildman–Crippen LogP) is 1.51. The molecule has 2 atom stereocenters. The van der Waals surface area contributed by atoms with Crippen molar-refractivity contribution in [1.29, 1.82) is 0 Å². The maximum atomic E-state index is 11.8. The SMILES string of the molecule is CCNC(=NCCCCOCC)N1CC(C)C(C(=O)OC)C1. The number of aliphatic imine (C=N–C) groups is 1. The van der Waals surface area contributed by atoms with Crippen LogP contribution in [0, 0.1) is 11.8 Å². The lowest BCUT2D eigenvalue weighted by molar-refractivity contribution is -0.145. The molecule has 1 saturated heterocycles. The highest BCUT2D eigenvalue weighted by atomic mass is 16.5. The summed E-state index contributed by atoms with van der Waals surface area (Å²) in [4.78, 5) is 18.6. The first kappa shape index (κ1) is 18.7. The van der Waals surface area contributed by atoms with E-state index in [-0.39, 0.29) is 17.8 Å². The molecule has 0 spiro atoms. The minimum Gasteiger partial charge on any atom is -0.469 e. The van der Waals surface area contributed by atoms with Crippen LogP contribution in [0.15, 0.2) is 4.99 Å². The zero-order valence-corrected chi connectivity index (χ0v) is 14.4. The number of rotatable bonds is 8. The molecule has 1 aliphatic rings. The van der Waals surface area contributed by atoms with Gasteiger partial charge in [-0.1, -0.05) is 6.92 Å². The maximum Gasteiger partial charge on any atom is 0.310 e. The number of esters is 1. The molecule has 0 aromatic rings. The highest BCUT2D eigenvalue weighted by Gasteiger charge is 2.36. The Hall–Kier alpha value is -1.30. The number of methoxy groups -OCH3 is 1. The Labute approximate surface area is 134 Å². The summed E-state index contributed by atoms with van der Waals surface area (Å²) in [6, 6.07) is 0. The molecular weight excluding hydrogens is 282 g/mol. The molecule has 0 aliphatic carbocycles. The second-order valence-corrected chi connectivity index (χ2v) is 5.65. The maximum absolute atomic E-state index is 11.8. The van der Waals surface area contributed by atoms with E-state index in [4.69, 9.17) is 9.47 Å². The predicted molar refractivity (Wildman–Crippen MR) is 87.9 cm³/mol. The van der Waals surface area contributed by atoms with Crippen LogP contribution in [0.3, 0.4) is 0 Å². The monoisotopic (exact) mass is 313 g/mol. The van der Waals surface area contributed by atoms with Gasteiger partial charge in [-0.3, -0.25) is 9.79 Å². The summed E-state index contributed by atoms with van der Waals surface area (Å²) in [6.45, 7) is 10.8. The molecule has 128 valence electrons. The van der Waals surface area contributed by atoms with Crippen LogP contribution >= 0.6 is 0 Å². The van der Waals surface area contributed by atoms with E-state index in [0.29, 0.717) is 6.54 Å². The number of ether oxygens (including phenoxy) is 2. The summed E-state index contributed by atoms with van der Waals surface area (Å²) in [5, 5.41) is 3.32. The van der Waals surface area contributed by atoms with Gasteiger partial charge in [0.15, 0.2) is 5.96 Å². The van der Waals surface area contributed by atoms with Crippen LogP contribution in [-0.4, -0.2) is 63.3 Å². The van der Waals surface area contributed by atoms with Gasteiger partial charge >= 0.3 is 5.97 Å². The molecular formula is C16H31N3O3. The molecule has 0 bridgehead atoms. The van der Waals surface area contributed by atoms with Gasteiger partial charge in [0.2, 0.25) is 0 Å². The number of nitrogens with one attached hydrogen (secondary N) is 1. The Balaban J connectivity index is 2.50. The van der Waals surface area contributed by atoms with Crippen molar-refractivity contribution in [2.45, 2.75) is 33.6 Å². The molecule has 1 heterocycles. The summed E-state index contributed by atoms with van der Waals surface area (Å²) < 4.78 is 10.2. The molecule has 0 amide bonds. The Morgan fingerprint density at radius 2 is 2.09 bits per heavy atom. The number of nitrogens with zero attached hydrogens (tertiary/aromatic N) is 2. The number of carbonyl (C=O) groups is 1. The van der Waals surface area contributed by atoms with Crippen LogP contribution in [0.1, 0.15) is 33.6 Å². The third-order valence-electron chi connectivity index (χ3n) is 3.91. The van der Waals surface area contributed by atoms with Crippen molar-refractivity contribution < 1.29 is 14.3 Å².